The summed E-state index contributed by atoms with van der Waals surface area (Å²) in [5.41, 5.74) is 1.96. The Labute approximate surface area is 121 Å². The first kappa shape index (κ1) is 13.8. The van der Waals surface area contributed by atoms with Crippen LogP contribution < -0.4 is 11.2 Å². The van der Waals surface area contributed by atoms with Gasteiger partial charge in [0.05, 0.1) is 6.10 Å². The molecule has 0 atom stereocenters. The van der Waals surface area contributed by atoms with Crippen LogP contribution in [-0.4, -0.2) is 20.9 Å². The van der Waals surface area contributed by atoms with E-state index in [1.807, 2.05) is 19.1 Å². The van der Waals surface area contributed by atoms with Gasteiger partial charge >= 0.3 is 5.69 Å². The van der Waals surface area contributed by atoms with Gasteiger partial charge in [-0.3, -0.25) is 9.78 Å². The van der Waals surface area contributed by atoms with E-state index >= 15 is 0 Å². The highest BCUT2D eigenvalue weighted by atomic mass is 16.5. The fourth-order valence-corrected chi connectivity index (χ4v) is 2.60. The molecule has 2 aromatic rings. The van der Waals surface area contributed by atoms with E-state index in [9.17, 15) is 9.59 Å². The third-order valence-electron chi connectivity index (χ3n) is 3.74. The smallest absolute Gasteiger partial charge is 0.346 e. The molecule has 0 fully saturated rings. The molecule has 1 aromatic heterocycles. The summed E-state index contributed by atoms with van der Waals surface area (Å²) in [6, 6.07) is 8.22. The maximum Gasteiger partial charge on any atom is 0.346 e. The molecule has 0 aliphatic heterocycles. The summed E-state index contributed by atoms with van der Waals surface area (Å²) < 4.78 is 6.94. The highest BCUT2D eigenvalue weighted by Crippen LogP contribution is 2.23. The van der Waals surface area contributed by atoms with Crippen molar-refractivity contribution in [2.45, 2.75) is 39.0 Å². The predicted molar refractivity (Wildman–Crippen MR) is 77.2 cm³/mol. The minimum atomic E-state index is -0.535. The van der Waals surface area contributed by atoms with Crippen molar-refractivity contribution in [3.8, 4) is 0 Å². The lowest BCUT2D eigenvalue weighted by atomic mass is 10.1. The monoisotopic (exact) mass is 287 g/mol. The van der Waals surface area contributed by atoms with Gasteiger partial charge in [0.15, 0.2) is 0 Å². The summed E-state index contributed by atoms with van der Waals surface area (Å²) in [7, 11) is 0. The van der Waals surface area contributed by atoms with Crippen LogP contribution in [0.2, 0.25) is 0 Å². The number of ether oxygens (including phenoxy) is 1. The van der Waals surface area contributed by atoms with Crippen molar-refractivity contribution >= 4 is 0 Å². The van der Waals surface area contributed by atoms with Gasteiger partial charge in [-0.05, 0) is 30.4 Å². The predicted octanol–water partition coefficient (Wildman–Crippen LogP) is 0.635. The van der Waals surface area contributed by atoms with Crippen LogP contribution in [-0.2, 0) is 30.7 Å². The van der Waals surface area contributed by atoms with Crippen molar-refractivity contribution in [1.29, 1.82) is 0 Å². The number of H-pyrrole nitrogens is 1. The average Bonchev–Trinajstić information content (AvgIpc) is 2.89. The molecule has 6 nitrogen and oxygen atoms in total. The van der Waals surface area contributed by atoms with Crippen LogP contribution in [0.4, 0.5) is 0 Å². The van der Waals surface area contributed by atoms with E-state index < -0.39 is 11.2 Å². The number of nitrogens with one attached hydrogen (secondary N) is 1. The summed E-state index contributed by atoms with van der Waals surface area (Å²) in [4.78, 5) is 25.4. The van der Waals surface area contributed by atoms with Crippen molar-refractivity contribution in [3.05, 3.63) is 61.9 Å². The first-order valence-corrected chi connectivity index (χ1v) is 7.06. The number of benzene rings is 1. The molecule has 0 bridgehead atoms. The average molecular weight is 287 g/mol. The normalized spacial score (nSPS) is 14.3. The SMILES string of the molecule is CCc1nn(COC2Cc3ccccc3C2)c(=O)[nH]c1=O. The topological polar surface area (TPSA) is 77.0 Å². The molecule has 110 valence electrons. The molecule has 0 amide bonds. The van der Waals surface area contributed by atoms with Crippen LogP contribution in [0.3, 0.4) is 0 Å². The second-order valence-electron chi connectivity index (χ2n) is 5.15. The van der Waals surface area contributed by atoms with Crippen LogP contribution in [0.25, 0.3) is 0 Å². The molecule has 0 unspecified atom stereocenters. The second kappa shape index (κ2) is 5.65. The Morgan fingerprint density at radius 2 is 1.95 bits per heavy atom. The summed E-state index contributed by atoms with van der Waals surface area (Å²) in [5, 5.41) is 4.04. The van der Waals surface area contributed by atoms with E-state index in [0.717, 1.165) is 12.8 Å². The highest BCUT2D eigenvalue weighted by molar-refractivity contribution is 5.32. The van der Waals surface area contributed by atoms with Gasteiger partial charge in [-0.2, -0.15) is 9.78 Å². The zero-order valence-corrected chi connectivity index (χ0v) is 11.8. The molecular weight excluding hydrogens is 270 g/mol. The molecule has 0 saturated carbocycles. The van der Waals surface area contributed by atoms with Crippen molar-refractivity contribution in [1.82, 2.24) is 14.8 Å². The van der Waals surface area contributed by atoms with Crippen molar-refractivity contribution in [3.63, 3.8) is 0 Å². The summed E-state index contributed by atoms with van der Waals surface area (Å²) in [6.45, 7) is 1.88. The second-order valence-corrected chi connectivity index (χ2v) is 5.15. The standard InChI is InChI=1S/C15H17N3O3/c1-2-13-14(19)16-15(20)18(17-13)9-21-12-7-10-5-3-4-6-11(10)8-12/h3-6,12H,2,7-9H2,1H3,(H,16,19,20). The van der Waals surface area contributed by atoms with Crippen LogP contribution in [0, 0.1) is 0 Å². The number of hydrogen-bond donors (Lipinski definition) is 1. The number of fused-ring (bicyclic) bond motifs is 1. The molecule has 1 N–H and O–H groups in total. The third kappa shape index (κ3) is 2.80. The first-order valence-electron chi connectivity index (χ1n) is 7.06. The molecule has 3 rings (SSSR count). The van der Waals surface area contributed by atoms with Gasteiger partial charge in [0.25, 0.3) is 5.56 Å². The third-order valence-corrected chi connectivity index (χ3v) is 3.74. The molecular formula is C15H17N3O3. The highest BCUT2D eigenvalue weighted by Gasteiger charge is 2.21. The first-order chi connectivity index (χ1) is 10.2. The Balaban J connectivity index is 1.70. The van der Waals surface area contributed by atoms with Gasteiger partial charge in [0.1, 0.15) is 12.4 Å². The molecule has 0 spiro atoms. The van der Waals surface area contributed by atoms with Gasteiger partial charge < -0.3 is 4.74 Å². The molecule has 1 aromatic carbocycles. The summed E-state index contributed by atoms with van der Waals surface area (Å²) >= 11 is 0. The maximum atomic E-state index is 11.7. The molecule has 1 aliphatic carbocycles. The van der Waals surface area contributed by atoms with Crippen LogP contribution in [0.5, 0.6) is 0 Å². The number of nitrogens with zero attached hydrogens (tertiary/aromatic N) is 2. The Hall–Kier alpha value is -2.21. The summed E-state index contributed by atoms with van der Waals surface area (Å²) in [5.74, 6) is 0. The van der Waals surface area contributed by atoms with Crippen molar-refractivity contribution < 1.29 is 4.74 Å². The van der Waals surface area contributed by atoms with Gasteiger partial charge in [0.2, 0.25) is 0 Å². The molecule has 0 saturated heterocycles. The van der Waals surface area contributed by atoms with E-state index in [1.54, 1.807) is 0 Å². The number of aryl methyl sites for hydroxylation is 1. The number of aromatic amines is 1. The number of hydrogen-bond acceptors (Lipinski definition) is 4. The maximum absolute atomic E-state index is 11.7. The van der Waals surface area contributed by atoms with E-state index in [-0.39, 0.29) is 12.8 Å². The fourth-order valence-electron chi connectivity index (χ4n) is 2.60. The number of aromatic nitrogens is 3. The number of rotatable bonds is 4. The molecule has 21 heavy (non-hydrogen) atoms. The molecule has 1 heterocycles. The molecule has 1 aliphatic rings. The van der Waals surface area contributed by atoms with Crippen LogP contribution in [0.15, 0.2) is 33.9 Å². The summed E-state index contributed by atoms with van der Waals surface area (Å²) in [6.07, 6.45) is 2.21. The fraction of sp³-hybridized carbons (Fsp3) is 0.400. The van der Waals surface area contributed by atoms with Gasteiger partial charge in [-0.1, -0.05) is 31.2 Å². The minimum Gasteiger partial charge on any atom is -0.355 e. The zero-order valence-electron chi connectivity index (χ0n) is 11.8. The van der Waals surface area contributed by atoms with Crippen molar-refractivity contribution in [2.75, 3.05) is 0 Å². The Bertz CT molecular complexity index is 738. The lowest BCUT2D eigenvalue weighted by Crippen LogP contribution is -2.36. The lowest BCUT2D eigenvalue weighted by molar-refractivity contribution is 0.00362. The van der Waals surface area contributed by atoms with E-state index in [2.05, 4.69) is 22.2 Å². The van der Waals surface area contributed by atoms with E-state index in [0.29, 0.717) is 12.1 Å². The van der Waals surface area contributed by atoms with Gasteiger partial charge in [0, 0.05) is 0 Å². The minimum absolute atomic E-state index is 0.0492. The molecule has 6 heteroatoms. The van der Waals surface area contributed by atoms with Gasteiger partial charge in [-0.25, -0.2) is 4.79 Å². The zero-order chi connectivity index (χ0) is 14.8. The van der Waals surface area contributed by atoms with E-state index in [4.69, 9.17) is 4.74 Å². The largest absolute Gasteiger partial charge is 0.355 e. The van der Waals surface area contributed by atoms with Crippen LogP contribution in [0.1, 0.15) is 23.7 Å². The lowest BCUT2D eigenvalue weighted by Gasteiger charge is -2.12. The Morgan fingerprint density at radius 1 is 1.29 bits per heavy atom. The molecule has 0 radical (unpaired) electrons. The van der Waals surface area contributed by atoms with Crippen molar-refractivity contribution in [2.24, 2.45) is 0 Å². The Morgan fingerprint density at radius 3 is 2.57 bits per heavy atom. The quantitative estimate of drug-likeness (QED) is 0.895. The van der Waals surface area contributed by atoms with Crippen LogP contribution >= 0.6 is 0 Å². The van der Waals surface area contributed by atoms with E-state index in [1.165, 1.54) is 15.8 Å². The Kier molecular flexibility index (Phi) is 3.70. The van der Waals surface area contributed by atoms with Gasteiger partial charge in [-0.15, -0.1) is 0 Å².